The van der Waals surface area contributed by atoms with E-state index in [1.807, 2.05) is 6.07 Å². The van der Waals surface area contributed by atoms with Gasteiger partial charge in [-0.05, 0) is 58.3 Å². The summed E-state index contributed by atoms with van der Waals surface area (Å²) in [5.41, 5.74) is 0.748. The van der Waals surface area contributed by atoms with Gasteiger partial charge in [-0.15, -0.1) is 0 Å². The monoisotopic (exact) mass is 357 g/mol. The fourth-order valence-corrected chi connectivity index (χ4v) is 3.47. The minimum absolute atomic E-state index is 0.00181. The molecule has 5 heteroatoms. The summed E-state index contributed by atoms with van der Waals surface area (Å²) in [4.78, 5) is 4.70. The van der Waals surface area contributed by atoms with Crippen molar-refractivity contribution in [1.82, 2.24) is 15.1 Å². The largest absolute Gasteiger partial charge is 0.309 e. The van der Waals surface area contributed by atoms with Crippen LogP contribution in [-0.4, -0.2) is 56.1 Å². The van der Waals surface area contributed by atoms with E-state index in [2.05, 4.69) is 52.1 Å². The highest BCUT2D eigenvalue weighted by molar-refractivity contribution is 9.10. The van der Waals surface area contributed by atoms with Gasteiger partial charge in [-0.1, -0.05) is 22.9 Å². The fraction of sp³-hybridized carbons (Fsp3) is 0.625. The predicted octanol–water partition coefficient (Wildman–Crippen LogP) is 2.87. The number of hydrogen-bond donors (Lipinski definition) is 1. The quantitative estimate of drug-likeness (QED) is 0.893. The van der Waals surface area contributed by atoms with Gasteiger partial charge >= 0.3 is 0 Å². The van der Waals surface area contributed by atoms with Crippen molar-refractivity contribution >= 4 is 15.9 Å². The molecule has 0 amide bonds. The van der Waals surface area contributed by atoms with Crippen LogP contribution in [0.5, 0.6) is 0 Å². The third kappa shape index (κ3) is 4.25. The van der Waals surface area contributed by atoms with Gasteiger partial charge < -0.3 is 15.1 Å². The summed E-state index contributed by atoms with van der Waals surface area (Å²) in [5.74, 6) is -0.135. The van der Waals surface area contributed by atoms with Crippen LogP contribution < -0.4 is 5.32 Å². The molecule has 0 bridgehead atoms. The standard InChI is InChI=1S/C16H25BrFN3/c1-4-19-16(13-10-12(17)6-7-14(13)18)15-11-20(2)8-5-9-21(15)3/h6-7,10,15-16,19H,4-5,8-9,11H2,1-3H3. The van der Waals surface area contributed by atoms with Gasteiger partial charge in [0.05, 0.1) is 6.04 Å². The molecule has 1 heterocycles. The average Bonchev–Trinajstić information content (AvgIpc) is 2.61. The SMILES string of the molecule is CCNC(c1cc(Br)ccc1F)C1CN(C)CCCN1C. The van der Waals surface area contributed by atoms with Gasteiger partial charge in [0, 0.05) is 22.6 Å². The Hall–Kier alpha value is -0.490. The number of nitrogens with one attached hydrogen (secondary N) is 1. The summed E-state index contributed by atoms with van der Waals surface area (Å²) in [6, 6.07) is 5.47. The van der Waals surface area contributed by atoms with E-state index in [1.165, 1.54) is 0 Å². The number of likely N-dealkylation sites (N-methyl/N-ethyl adjacent to an activating group) is 3. The van der Waals surface area contributed by atoms with E-state index in [9.17, 15) is 4.39 Å². The molecule has 0 spiro atoms. The van der Waals surface area contributed by atoms with Crippen LogP contribution in [0.1, 0.15) is 24.9 Å². The number of nitrogens with zero attached hydrogens (tertiary/aromatic N) is 2. The molecule has 2 unspecified atom stereocenters. The average molecular weight is 358 g/mol. The Morgan fingerprint density at radius 2 is 2.14 bits per heavy atom. The Morgan fingerprint density at radius 3 is 2.86 bits per heavy atom. The van der Waals surface area contributed by atoms with Crippen molar-refractivity contribution in [1.29, 1.82) is 0 Å². The molecule has 0 saturated carbocycles. The summed E-state index contributed by atoms with van der Waals surface area (Å²) in [6.07, 6.45) is 1.16. The number of benzene rings is 1. The molecule has 1 aliphatic rings. The molecule has 0 aliphatic carbocycles. The third-order valence-electron chi connectivity index (χ3n) is 4.22. The van der Waals surface area contributed by atoms with Gasteiger partial charge in [-0.2, -0.15) is 0 Å². The first-order chi connectivity index (χ1) is 10.0. The molecule has 0 aromatic heterocycles. The van der Waals surface area contributed by atoms with Crippen LogP contribution in [-0.2, 0) is 0 Å². The van der Waals surface area contributed by atoms with Crippen molar-refractivity contribution in [3.05, 3.63) is 34.1 Å². The minimum atomic E-state index is -0.135. The maximum absolute atomic E-state index is 14.3. The molecule has 118 valence electrons. The summed E-state index contributed by atoms with van der Waals surface area (Å²) in [6.45, 7) is 5.99. The van der Waals surface area contributed by atoms with Crippen molar-refractivity contribution < 1.29 is 4.39 Å². The Morgan fingerprint density at radius 1 is 1.38 bits per heavy atom. The van der Waals surface area contributed by atoms with Gasteiger partial charge in [-0.3, -0.25) is 0 Å². The number of rotatable bonds is 4. The molecular formula is C16H25BrFN3. The first kappa shape index (κ1) is 16.9. The van der Waals surface area contributed by atoms with Gasteiger partial charge in [0.2, 0.25) is 0 Å². The van der Waals surface area contributed by atoms with Crippen molar-refractivity contribution in [3.8, 4) is 0 Å². The first-order valence-electron chi connectivity index (χ1n) is 7.60. The molecule has 3 nitrogen and oxygen atoms in total. The van der Waals surface area contributed by atoms with Crippen LogP contribution >= 0.6 is 15.9 Å². The van der Waals surface area contributed by atoms with Crippen LogP contribution in [0.3, 0.4) is 0 Å². The van der Waals surface area contributed by atoms with E-state index >= 15 is 0 Å². The zero-order chi connectivity index (χ0) is 15.4. The first-order valence-corrected chi connectivity index (χ1v) is 8.39. The second-order valence-electron chi connectivity index (χ2n) is 5.86. The smallest absolute Gasteiger partial charge is 0.128 e. The summed E-state index contributed by atoms with van der Waals surface area (Å²) < 4.78 is 15.3. The van der Waals surface area contributed by atoms with Crippen LogP contribution in [0, 0.1) is 5.82 Å². The van der Waals surface area contributed by atoms with Crippen LogP contribution in [0.25, 0.3) is 0 Å². The van der Waals surface area contributed by atoms with Crippen LogP contribution in [0.15, 0.2) is 22.7 Å². The zero-order valence-corrected chi connectivity index (χ0v) is 14.7. The highest BCUT2D eigenvalue weighted by Gasteiger charge is 2.30. The van der Waals surface area contributed by atoms with Crippen molar-refractivity contribution in [3.63, 3.8) is 0 Å². The van der Waals surface area contributed by atoms with Crippen LogP contribution in [0.4, 0.5) is 4.39 Å². The third-order valence-corrected chi connectivity index (χ3v) is 4.71. The van der Waals surface area contributed by atoms with E-state index < -0.39 is 0 Å². The topological polar surface area (TPSA) is 18.5 Å². The van der Waals surface area contributed by atoms with Gasteiger partial charge in [-0.25, -0.2) is 4.39 Å². The second-order valence-corrected chi connectivity index (χ2v) is 6.78. The van der Waals surface area contributed by atoms with E-state index in [-0.39, 0.29) is 17.9 Å². The molecule has 0 radical (unpaired) electrons. The molecule has 2 rings (SSSR count). The molecule has 1 N–H and O–H groups in total. The Labute approximate surface area is 135 Å². The highest BCUT2D eigenvalue weighted by atomic mass is 79.9. The lowest BCUT2D eigenvalue weighted by atomic mass is 9.97. The molecular weight excluding hydrogens is 333 g/mol. The molecule has 1 aliphatic heterocycles. The fourth-order valence-electron chi connectivity index (χ4n) is 3.09. The summed E-state index contributed by atoms with van der Waals surface area (Å²) >= 11 is 3.46. The summed E-state index contributed by atoms with van der Waals surface area (Å²) in [7, 11) is 4.29. The molecule has 1 aromatic rings. The van der Waals surface area contributed by atoms with E-state index in [4.69, 9.17) is 0 Å². The van der Waals surface area contributed by atoms with Gasteiger partial charge in [0.25, 0.3) is 0 Å². The van der Waals surface area contributed by atoms with E-state index in [0.717, 1.165) is 42.6 Å². The van der Waals surface area contributed by atoms with E-state index in [0.29, 0.717) is 0 Å². The lowest BCUT2D eigenvalue weighted by Gasteiger charge is -2.35. The maximum atomic E-state index is 14.3. The van der Waals surface area contributed by atoms with Crippen molar-refractivity contribution in [2.24, 2.45) is 0 Å². The van der Waals surface area contributed by atoms with Crippen molar-refractivity contribution in [2.45, 2.75) is 25.4 Å². The highest BCUT2D eigenvalue weighted by Crippen LogP contribution is 2.27. The van der Waals surface area contributed by atoms with Crippen molar-refractivity contribution in [2.75, 3.05) is 40.3 Å². The molecule has 2 atom stereocenters. The maximum Gasteiger partial charge on any atom is 0.128 e. The van der Waals surface area contributed by atoms with Crippen LogP contribution in [0.2, 0.25) is 0 Å². The second kappa shape index (κ2) is 7.68. The Balaban J connectivity index is 2.34. The molecule has 1 saturated heterocycles. The molecule has 1 fully saturated rings. The number of halogens is 2. The summed E-state index contributed by atoms with van der Waals surface area (Å²) in [5, 5.41) is 3.49. The predicted molar refractivity (Wildman–Crippen MR) is 89.0 cm³/mol. The van der Waals surface area contributed by atoms with Gasteiger partial charge in [0.1, 0.15) is 5.82 Å². The minimum Gasteiger partial charge on any atom is -0.309 e. The Bertz CT molecular complexity index is 469. The molecule has 1 aromatic carbocycles. The normalized spacial score (nSPS) is 23.0. The Kier molecular flexibility index (Phi) is 6.17. The lowest BCUT2D eigenvalue weighted by molar-refractivity contribution is 0.177. The molecule has 21 heavy (non-hydrogen) atoms. The van der Waals surface area contributed by atoms with E-state index in [1.54, 1.807) is 12.1 Å². The zero-order valence-electron chi connectivity index (χ0n) is 13.1. The lowest BCUT2D eigenvalue weighted by Crippen LogP contribution is -2.47. The number of hydrogen-bond acceptors (Lipinski definition) is 3. The van der Waals surface area contributed by atoms with Gasteiger partial charge in [0.15, 0.2) is 0 Å².